The molecule has 1 saturated carbocycles. The smallest absolute Gasteiger partial charge is 0.243 e. The van der Waals surface area contributed by atoms with Crippen LogP contribution in [0, 0.1) is 17.3 Å². The molecule has 2 heterocycles. The fourth-order valence-electron chi connectivity index (χ4n) is 4.66. The van der Waals surface area contributed by atoms with E-state index in [1.54, 1.807) is 28.6 Å². The summed E-state index contributed by atoms with van der Waals surface area (Å²) in [6.07, 6.45) is 4.86. The normalized spacial score (nSPS) is 25.1. The number of carbonyl (C=O) groups is 1. The first-order chi connectivity index (χ1) is 13.0. The monoisotopic (exact) mass is 427 g/mol. The SMILES string of the molecule is Cl.O=C(NCC1CCN(S(=O)(=O)c2ccccc2)CC1)C1CC12CCNCC2. The Balaban J connectivity index is 0.00000225. The molecule has 2 N–H and O–H groups in total. The lowest BCUT2D eigenvalue weighted by Crippen LogP contribution is -2.42. The highest BCUT2D eigenvalue weighted by Crippen LogP contribution is 2.58. The van der Waals surface area contributed by atoms with Gasteiger partial charge in [0.15, 0.2) is 0 Å². The van der Waals surface area contributed by atoms with Gasteiger partial charge in [-0.2, -0.15) is 4.31 Å². The second kappa shape index (κ2) is 8.69. The van der Waals surface area contributed by atoms with Crippen LogP contribution in [-0.2, 0) is 14.8 Å². The van der Waals surface area contributed by atoms with Crippen molar-refractivity contribution in [2.24, 2.45) is 17.3 Å². The molecule has 4 rings (SSSR count). The highest BCUT2D eigenvalue weighted by Gasteiger charge is 2.57. The fourth-order valence-corrected chi connectivity index (χ4v) is 6.15. The van der Waals surface area contributed by atoms with Crippen LogP contribution in [0.2, 0.25) is 0 Å². The molecule has 28 heavy (non-hydrogen) atoms. The van der Waals surface area contributed by atoms with E-state index in [2.05, 4.69) is 10.6 Å². The van der Waals surface area contributed by atoms with Crippen LogP contribution in [0.4, 0.5) is 0 Å². The molecule has 0 bridgehead atoms. The summed E-state index contributed by atoms with van der Waals surface area (Å²) in [5.74, 6) is 0.758. The van der Waals surface area contributed by atoms with Crippen LogP contribution in [0.25, 0.3) is 0 Å². The molecule has 2 saturated heterocycles. The van der Waals surface area contributed by atoms with Crippen LogP contribution >= 0.6 is 12.4 Å². The number of nitrogens with one attached hydrogen (secondary N) is 2. The zero-order valence-corrected chi connectivity index (χ0v) is 17.7. The Morgan fingerprint density at radius 3 is 2.43 bits per heavy atom. The van der Waals surface area contributed by atoms with Gasteiger partial charge in [-0.25, -0.2) is 8.42 Å². The topological polar surface area (TPSA) is 78.5 Å². The van der Waals surface area contributed by atoms with Crippen LogP contribution in [0.3, 0.4) is 0 Å². The van der Waals surface area contributed by atoms with Crippen molar-refractivity contribution in [3.8, 4) is 0 Å². The molecule has 1 aromatic rings. The minimum atomic E-state index is -3.40. The third-order valence-corrected chi connectivity index (χ3v) is 8.54. The maximum Gasteiger partial charge on any atom is 0.243 e. The van der Waals surface area contributed by atoms with Crippen molar-refractivity contribution in [3.05, 3.63) is 30.3 Å². The van der Waals surface area contributed by atoms with Crippen molar-refractivity contribution < 1.29 is 13.2 Å². The Hall–Kier alpha value is -1.15. The Bertz CT molecular complexity index is 773. The molecule has 1 atom stereocenters. The van der Waals surface area contributed by atoms with Gasteiger partial charge in [0.05, 0.1) is 4.90 Å². The number of carbonyl (C=O) groups excluding carboxylic acids is 1. The van der Waals surface area contributed by atoms with Gasteiger partial charge in [0.1, 0.15) is 0 Å². The Morgan fingerprint density at radius 2 is 1.79 bits per heavy atom. The lowest BCUT2D eigenvalue weighted by atomic mass is 9.91. The molecule has 1 unspecified atom stereocenters. The molecule has 1 aliphatic carbocycles. The lowest BCUT2D eigenvalue weighted by molar-refractivity contribution is -0.123. The Kier molecular flexibility index (Phi) is 6.69. The van der Waals surface area contributed by atoms with E-state index in [9.17, 15) is 13.2 Å². The zero-order chi connectivity index (χ0) is 18.9. The van der Waals surface area contributed by atoms with E-state index in [1.807, 2.05) is 6.07 Å². The molecular formula is C20H30ClN3O3S. The summed E-state index contributed by atoms with van der Waals surface area (Å²) in [7, 11) is -3.40. The largest absolute Gasteiger partial charge is 0.356 e. The quantitative estimate of drug-likeness (QED) is 0.753. The van der Waals surface area contributed by atoms with Gasteiger partial charge in [0.25, 0.3) is 0 Å². The number of benzene rings is 1. The Morgan fingerprint density at radius 1 is 1.14 bits per heavy atom. The van der Waals surface area contributed by atoms with Gasteiger partial charge in [-0.15, -0.1) is 12.4 Å². The minimum absolute atomic E-state index is 0. The number of halogens is 1. The van der Waals surface area contributed by atoms with Crippen LogP contribution in [0.1, 0.15) is 32.1 Å². The van der Waals surface area contributed by atoms with Crippen LogP contribution in [-0.4, -0.2) is 51.4 Å². The molecule has 8 heteroatoms. The summed E-state index contributed by atoms with van der Waals surface area (Å²) in [5.41, 5.74) is 0.266. The van der Waals surface area contributed by atoms with E-state index in [4.69, 9.17) is 0 Å². The van der Waals surface area contributed by atoms with Gasteiger partial charge in [-0.05, 0) is 68.7 Å². The molecule has 0 aromatic heterocycles. The second-order valence-corrected chi connectivity index (χ2v) is 10.2. The first-order valence-electron chi connectivity index (χ1n) is 10.0. The van der Waals surface area contributed by atoms with Crippen LogP contribution < -0.4 is 10.6 Å². The molecular weight excluding hydrogens is 398 g/mol. The second-order valence-electron chi connectivity index (χ2n) is 8.27. The van der Waals surface area contributed by atoms with Crippen LogP contribution in [0.5, 0.6) is 0 Å². The number of piperidine rings is 2. The van der Waals surface area contributed by atoms with Crippen LogP contribution in [0.15, 0.2) is 35.2 Å². The third-order valence-electron chi connectivity index (χ3n) is 6.62. The number of sulfonamides is 1. The number of nitrogens with zero attached hydrogens (tertiary/aromatic N) is 1. The van der Waals surface area contributed by atoms with Gasteiger partial charge < -0.3 is 10.6 Å². The average molecular weight is 428 g/mol. The molecule has 0 radical (unpaired) electrons. The molecule has 3 fully saturated rings. The van der Waals surface area contributed by atoms with Gasteiger partial charge >= 0.3 is 0 Å². The average Bonchev–Trinajstić information content (AvgIpc) is 3.40. The zero-order valence-electron chi connectivity index (χ0n) is 16.1. The van der Waals surface area contributed by atoms with Crippen molar-refractivity contribution >= 4 is 28.3 Å². The maximum absolute atomic E-state index is 12.7. The summed E-state index contributed by atoms with van der Waals surface area (Å²) < 4.78 is 26.9. The molecule has 156 valence electrons. The fraction of sp³-hybridized carbons (Fsp3) is 0.650. The predicted molar refractivity (Wildman–Crippen MR) is 111 cm³/mol. The third kappa shape index (κ3) is 4.37. The lowest BCUT2D eigenvalue weighted by Gasteiger charge is -2.31. The molecule has 2 aliphatic heterocycles. The molecule has 6 nitrogen and oxygen atoms in total. The molecule has 3 aliphatic rings. The Labute approximate surface area is 173 Å². The minimum Gasteiger partial charge on any atom is -0.356 e. The first-order valence-corrected chi connectivity index (χ1v) is 11.5. The van der Waals surface area contributed by atoms with Crippen molar-refractivity contribution in [3.63, 3.8) is 0 Å². The van der Waals surface area contributed by atoms with Crippen molar-refractivity contribution in [2.75, 3.05) is 32.7 Å². The summed E-state index contributed by atoms with van der Waals surface area (Å²) >= 11 is 0. The summed E-state index contributed by atoms with van der Waals surface area (Å²) in [4.78, 5) is 12.9. The summed E-state index contributed by atoms with van der Waals surface area (Å²) in [6, 6.07) is 8.62. The highest BCUT2D eigenvalue weighted by molar-refractivity contribution is 7.89. The summed E-state index contributed by atoms with van der Waals surface area (Å²) in [6.45, 7) is 3.77. The van der Waals surface area contributed by atoms with Gasteiger partial charge in [0.2, 0.25) is 15.9 Å². The van der Waals surface area contributed by atoms with E-state index < -0.39 is 10.0 Å². The van der Waals surface area contributed by atoms with E-state index >= 15 is 0 Å². The molecule has 1 spiro atoms. The predicted octanol–water partition coefficient (Wildman–Crippen LogP) is 2.01. The van der Waals surface area contributed by atoms with E-state index in [0.29, 0.717) is 30.4 Å². The standard InChI is InChI=1S/C20H29N3O3S.ClH/c24-19(18-14-20(18)8-10-21-11-9-20)22-15-16-6-12-23(13-7-16)27(25,26)17-4-2-1-3-5-17;/h1-5,16,18,21H,6-15H2,(H,22,24);1H. The number of amides is 1. The highest BCUT2D eigenvalue weighted by atomic mass is 35.5. The molecule has 1 amide bonds. The van der Waals surface area contributed by atoms with Crippen molar-refractivity contribution in [1.82, 2.24) is 14.9 Å². The molecule has 1 aromatic carbocycles. The maximum atomic E-state index is 12.7. The number of hydrogen-bond acceptors (Lipinski definition) is 4. The van der Waals surface area contributed by atoms with Gasteiger partial charge in [-0.3, -0.25) is 4.79 Å². The van der Waals surface area contributed by atoms with E-state index in [0.717, 1.165) is 45.2 Å². The van der Waals surface area contributed by atoms with Gasteiger partial charge in [-0.1, -0.05) is 18.2 Å². The van der Waals surface area contributed by atoms with E-state index in [-0.39, 0.29) is 29.6 Å². The number of rotatable bonds is 5. The van der Waals surface area contributed by atoms with Crippen molar-refractivity contribution in [2.45, 2.75) is 37.0 Å². The van der Waals surface area contributed by atoms with E-state index in [1.165, 1.54) is 0 Å². The summed E-state index contributed by atoms with van der Waals surface area (Å²) in [5, 5.41) is 6.51. The first kappa shape index (κ1) is 21.6. The van der Waals surface area contributed by atoms with Gasteiger partial charge in [0, 0.05) is 25.6 Å². The van der Waals surface area contributed by atoms with Crippen molar-refractivity contribution in [1.29, 1.82) is 0 Å². The number of hydrogen-bond donors (Lipinski definition) is 2.